The number of hydrogen-bond donors (Lipinski definition) is 0. The lowest BCUT2D eigenvalue weighted by atomic mass is 10.1. The molecule has 0 amide bonds. The van der Waals surface area contributed by atoms with Crippen molar-refractivity contribution in [2.45, 2.75) is 11.8 Å². The molecule has 0 aliphatic heterocycles. The van der Waals surface area contributed by atoms with Crippen molar-refractivity contribution in [3.63, 3.8) is 0 Å². The summed E-state index contributed by atoms with van der Waals surface area (Å²) in [4.78, 5) is 12.9. The summed E-state index contributed by atoms with van der Waals surface area (Å²) >= 11 is 11.8. The number of aryl methyl sites for hydroxylation is 1. The minimum Gasteiger partial charge on any atom is -0.287 e. The van der Waals surface area contributed by atoms with E-state index < -0.39 is 26.1 Å². The first-order valence-electron chi connectivity index (χ1n) is 6.90. The number of carbonyl (C=O) groups excluding carboxylic acids is 1. The summed E-state index contributed by atoms with van der Waals surface area (Å²) in [5.74, 6) is -0.553. The highest BCUT2D eigenvalue weighted by Crippen LogP contribution is 2.26. The van der Waals surface area contributed by atoms with Crippen LogP contribution in [0.4, 0.5) is 0 Å². The Morgan fingerprint density at radius 2 is 1.54 bits per heavy atom. The largest absolute Gasteiger partial charge is 0.287 e. The van der Waals surface area contributed by atoms with Crippen molar-refractivity contribution in [3.8, 4) is 0 Å². The lowest BCUT2D eigenvalue weighted by Gasteiger charge is -2.12. The van der Waals surface area contributed by atoms with Gasteiger partial charge in [-0.2, -0.15) is 10.5 Å². The van der Waals surface area contributed by atoms with Crippen LogP contribution in [0.15, 0.2) is 47.4 Å². The molecule has 0 saturated heterocycles. The van der Waals surface area contributed by atoms with Crippen molar-refractivity contribution in [2.75, 3.05) is 12.5 Å². The Hall–Kier alpha value is -1.14. The van der Waals surface area contributed by atoms with Crippen LogP contribution < -0.4 is 0 Å². The lowest BCUT2D eigenvalue weighted by molar-refractivity contribution is 0.107. The normalized spacial score (nSPS) is 11.6. The molecule has 0 spiro atoms. The van der Waals surface area contributed by atoms with Crippen molar-refractivity contribution in [1.29, 1.82) is 0 Å². The third kappa shape index (κ3) is 3.91. The number of carbonyl (C=O) groups is 1. The second-order valence-electron chi connectivity index (χ2n) is 5.38. The SMILES string of the molecule is Cc1ccc(S(=O)(=O)C(C(=O)c2ccc(Cl)c(Cl)c2)=S(C)C)cc1. The Morgan fingerprint density at radius 1 is 0.958 bits per heavy atom. The Bertz CT molecular complexity index is 927. The van der Waals surface area contributed by atoms with Crippen LogP contribution in [0.2, 0.25) is 10.0 Å². The second kappa shape index (κ2) is 7.40. The van der Waals surface area contributed by atoms with Gasteiger partial charge in [-0.15, -0.1) is 0 Å². The van der Waals surface area contributed by atoms with Gasteiger partial charge in [0.05, 0.1) is 14.9 Å². The summed E-state index contributed by atoms with van der Waals surface area (Å²) in [6, 6.07) is 10.8. The predicted molar refractivity (Wildman–Crippen MR) is 104 cm³/mol. The maximum atomic E-state index is 12.9. The molecule has 2 rings (SSSR count). The third-order valence-corrected chi connectivity index (χ3v) is 8.20. The molecule has 0 N–H and O–H groups in total. The van der Waals surface area contributed by atoms with E-state index in [9.17, 15) is 13.2 Å². The molecule has 0 aromatic heterocycles. The number of rotatable bonds is 3. The van der Waals surface area contributed by atoms with E-state index in [0.29, 0.717) is 5.02 Å². The van der Waals surface area contributed by atoms with Crippen molar-refractivity contribution in [3.05, 3.63) is 63.6 Å². The van der Waals surface area contributed by atoms with Gasteiger partial charge in [-0.3, -0.25) is 4.79 Å². The monoisotopic (exact) mass is 402 g/mol. The Labute approximate surface area is 154 Å². The summed E-state index contributed by atoms with van der Waals surface area (Å²) in [5.41, 5.74) is 1.15. The van der Waals surface area contributed by atoms with Crippen LogP contribution in [-0.4, -0.2) is 30.9 Å². The van der Waals surface area contributed by atoms with Crippen molar-refractivity contribution in [1.82, 2.24) is 0 Å². The van der Waals surface area contributed by atoms with Gasteiger partial charge in [-0.05, 0) is 49.8 Å². The molecule has 0 aliphatic carbocycles. The van der Waals surface area contributed by atoms with Gasteiger partial charge in [0.2, 0.25) is 15.6 Å². The molecule has 128 valence electrons. The minimum atomic E-state index is -3.88. The fraction of sp³-hybridized carbons (Fsp3) is 0.176. The van der Waals surface area contributed by atoms with E-state index in [1.807, 2.05) is 6.92 Å². The van der Waals surface area contributed by atoms with Gasteiger partial charge in [0.1, 0.15) is 4.20 Å². The lowest BCUT2D eigenvalue weighted by Crippen LogP contribution is -2.25. The molecule has 0 aliphatic rings. The molecule has 3 nitrogen and oxygen atoms in total. The van der Waals surface area contributed by atoms with E-state index in [-0.39, 0.29) is 19.7 Å². The molecule has 0 atom stereocenters. The highest BCUT2D eigenvalue weighted by atomic mass is 35.5. The van der Waals surface area contributed by atoms with Crippen LogP contribution in [0.1, 0.15) is 15.9 Å². The van der Waals surface area contributed by atoms with Gasteiger partial charge in [0, 0.05) is 5.56 Å². The molecular weight excluding hydrogens is 387 g/mol. The molecule has 2 aromatic rings. The molecule has 2 aromatic carbocycles. The fourth-order valence-corrected chi connectivity index (χ4v) is 6.01. The van der Waals surface area contributed by atoms with Gasteiger partial charge in [0.15, 0.2) is 0 Å². The van der Waals surface area contributed by atoms with Crippen molar-refractivity contribution < 1.29 is 13.2 Å². The maximum Gasteiger partial charge on any atom is 0.215 e. The van der Waals surface area contributed by atoms with Crippen LogP contribution in [0.3, 0.4) is 0 Å². The summed E-state index contributed by atoms with van der Waals surface area (Å²) in [6.45, 7) is 1.87. The predicted octanol–water partition coefficient (Wildman–Crippen LogP) is 4.62. The number of benzene rings is 2. The quantitative estimate of drug-likeness (QED) is 0.555. The number of hydrogen-bond acceptors (Lipinski definition) is 3. The molecule has 0 radical (unpaired) electrons. The molecule has 7 heteroatoms. The second-order valence-corrected chi connectivity index (χ2v) is 10.4. The third-order valence-electron chi connectivity index (χ3n) is 3.31. The van der Waals surface area contributed by atoms with Crippen LogP contribution in [0.5, 0.6) is 0 Å². The van der Waals surface area contributed by atoms with E-state index >= 15 is 0 Å². The molecule has 0 saturated carbocycles. The Morgan fingerprint density at radius 3 is 2.04 bits per heavy atom. The standard InChI is InChI=1S/C17H16Cl2O3S2/c1-11-4-7-13(8-5-11)24(21,22)17(23(2)3)16(20)12-6-9-14(18)15(19)10-12/h4-10H,1-3H3. The average Bonchev–Trinajstić information content (AvgIpc) is 2.49. The fourth-order valence-electron chi connectivity index (χ4n) is 2.11. The van der Waals surface area contributed by atoms with E-state index in [0.717, 1.165) is 5.56 Å². The first-order chi connectivity index (χ1) is 11.1. The van der Waals surface area contributed by atoms with Crippen LogP contribution >= 0.6 is 33.7 Å². The van der Waals surface area contributed by atoms with Crippen LogP contribution in [0.25, 0.3) is 0 Å². The van der Waals surface area contributed by atoms with Crippen LogP contribution in [-0.2, 0) is 9.84 Å². The zero-order valence-electron chi connectivity index (χ0n) is 13.3. The van der Waals surface area contributed by atoms with Gasteiger partial charge in [-0.25, -0.2) is 8.42 Å². The first kappa shape index (κ1) is 19.2. The zero-order valence-corrected chi connectivity index (χ0v) is 16.5. The molecule has 0 bridgehead atoms. The van der Waals surface area contributed by atoms with Crippen molar-refractivity contribution in [2.24, 2.45) is 0 Å². The maximum absolute atomic E-state index is 12.9. The van der Waals surface area contributed by atoms with Gasteiger partial charge in [-0.1, -0.05) is 40.9 Å². The summed E-state index contributed by atoms with van der Waals surface area (Å²) in [7, 11) is -4.65. The molecular formula is C17H16Cl2O3S2. The minimum absolute atomic E-state index is 0.109. The Balaban J connectivity index is 2.58. The average molecular weight is 403 g/mol. The smallest absolute Gasteiger partial charge is 0.215 e. The first-order valence-corrected chi connectivity index (χ1v) is 11.2. The van der Waals surface area contributed by atoms with E-state index in [1.54, 1.807) is 24.6 Å². The number of ketones is 1. The topological polar surface area (TPSA) is 51.2 Å². The van der Waals surface area contributed by atoms with Crippen LogP contribution in [0, 0.1) is 6.92 Å². The highest BCUT2D eigenvalue weighted by molar-refractivity contribution is 8.32. The number of halogens is 2. The van der Waals surface area contributed by atoms with Gasteiger partial charge >= 0.3 is 0 Å². The summed E-state index contributed by atoms with van der Waals surface area (Å²) in [5, 5.41) is 0.518. The van der Waals surface area contributed by atoms with Crippen molar-refractivity contribution >= 4 is 53.5 Å². The Kier molecular flexibility index (Phi) is 5.91. The zero-order chi connectivity index (χ0) is 18.1. The number of sulfone groups is 1. The summed E-state index contributed by atoms with van der Waals surface area (Å²) < 4.78 is 25.7. The van der Waals surface area contributed by atoms with E-state index in [1.165, 1.54) is 30.3 Å². The molecule has 0 fully saturated rings. The van der Waals surface area contributed by atoms with E-state index in [2.05, 4.69) is 0 Å². The van der Waals surface area contributed by atoms with E-state index in [4.69, 9.17) is 23.2 Å². The molecule has 0 heterocycles. The highest BCUT2D eigenvalue weighted by Gasteiger charge is 2.29. The summed E-state index contributed by atoms with van der Waals surface area (Å²) in [6.07, 6.45) is 3.41. The van der Waals surface area contributed by atoms with Gasteiger partial charge in [0.25, 0.3) is 0 Å². The molecule has 24 heavy (non-hydrogen) atoms. The number of Topliss-reactive ketones (excluding diaryl/α,β-unsaturated/α-hetero) is 1. The molecule has 0 unspecified atom stereocenters. The van der Waals surface area contributed by atoms with Gasteiger partial charge < -0.3 is 0 Å².